The molecule has 1 amide bonds. The molecule has 1 aliphatic rings. The Morgan fingerprint density at radius 2 is 2.25 bits per heavy atom. The van der Waals surface area contributed by atoms with Crippen LogP contribution >= 0.6 is 0 Å². The first-order valence-corrected chi connectivity index (χ1v) is 5.46. The Morgan fingerprint density at radius 3 is 2.62 bits per heavy atom. The lowest BCUT2D eigenvalue weighted by atomic mass is 10.0. The maximum atomic E-state index is 11.7. The van der Waals surface area contributed by atoms with Crippen LogP contribution in [0.5, 0.6) is 0 Å². The molecule has 2 N–H and O–H groups in total. The van der Waals surface area contributed by atoms with Crippen LogP contribution in [0.1, 0.15) is 26.7 Å². The molecule has 1 rings (SSSR count). The van der Waals surface area contributed by atoms with Crippen molar-refractivity contribution in [2.75, 3.05) is 13.7 Å². The minimum Gasteiger partial charge on any atom is -0.480 e. The van der Waals surface area contributed by atoms with Gasteiger partial charge >= 0.3 is 5.97 Å². The molecule has 16 heavy (non-hydrogen) atoms. The molecular weight excluding hydrogens is 210 g/mol. The molecule has 3 atom stereocenters. The monoisotopic (exact) mass is 229 g/mol. The summed E-state index contributed by atoms with van der Waals surface area (Å²) in [6.45, 7) is 4.08. The van der Waals surface area contributed by atoms with Crippen molar-refractivity contribution in [3.05, 3.63) is 0 Å². The molecule has 0 bridgehead atoms. The number of methoxy groups -OCH3 is 1. The van der Waals surface area contributed by atoms with Gasteiger partial charge in [-0.2, -0.15) is 0 Å². The second-order valence-electron chi connectivity index (χ2n) is 4.62. The van der Waals surface area contributed by atoms with Gasteiger partial charge in [-0.15, -0.1) is 0 Å². The molecule has 0 saturated heterocycles. The number of carboxylic acids is 1. The summed E-state index contributed by atoms with van der Waals surface area (Å²) in [6.07, 6.45) is 1.78. The third-order valence-corrected chi connectivity index (χ3v) is 3.42. The molecule has 5 heteroatoms. The van der Waals surface area contributed by atoms with E-state index in [9.17, 15) is 9.59 Å². The fourth-order valence-corrected chi connectivity index (χ4v) is 1.82. The van der Waals surface area contributed by atoms with Crippen molar-refractivity contribution in [3.8, 4) is 0 Å². The van der Waals surface area contributed by atoms with Crippen molar-refractivity contribution in [1.29, 1.82) is 0 Å². The Balaban J connectivity index is 2.48. The molecule has 1 saturated carbocycles. The SMILES string of the molecule is CCC1(C)CC1C(=O)NC(COC)C(=O)O. The van der Waals surface area contributed by atoms with E-state index in [1.54, 1.807) is 0 Å². The lowest BCUT2D eigenvalue weighted by Crippen LogP contribution is -2.45. The normalized spacial score (nSPS) is 29.6. The maximum Gasteiger partial charge on any atom is 0.328 e. The third kappa shape index (κ3) is 2.72. The van der Waals surface area contributed by atoms with E-state index in [-0.39, 0.29) is 23.8 Å². The summed E-state index contributed by atoms with van der Waals surface area (Å²) in [7, 11) is 1.41. The smallest absolute Gasteiger partial charge is 0.328 e. The van der Waals surface area contributed by atoms with Crippen LogP contribution in [0.15, 0.2) is 0 Å². The van der Waals surface area contributed by atoms with E-state index in [0.717, 1.165) is 12.8 Å². The van der Waals surface area contributed by atoms with Crippen molar-refractivity contribution in [3.63, 3.8) is 0 Å². The van der Waals surface area contributed by atoms with Crippen LogP contribution < -0.4 is 5.32 Å². The van der Waals surface area contributed by atoms with Gasteiger partial charge in [0.1, 0.15) is 0 Å². The summed E-state index contributed by atoms with van der Waals surface area (Å²) in [5.74, 6) is -1.28. The summed E-state index contributed by atoms with van der Waals surface area (Å²) in [6, 6.07) is -0.945. The van der Waals surface area contributed by atoms with Gasteiger partial charge in [-0.3, -0.25) is 4.79 Å². The second-order valence-corrected chi connectivity index (χ2v) is 4.62. The van der Waals surface area contributed by atoms with Crippen molar-refractivity contribution in [2.45, 2.75) is 32.7 Å². The average Bonchev–Trinajstić information content (AvgIpc) is 2.91. The van der Waals surface area contributed by atoms with Gasteiger partial charge in [0.25, 0.3) is 0 Å². The first-order valence-electron chi connectivity index (χ1n) is 5.46. The molecular formula is C11H19NO4. The molecule has 0 spiro atoms. The number of hydrogen-bond donors (Lipinski definition) is 2. The van der Waals surface area contributed by atoms with Crippen molar-refractivity contribution in [2.24, 2.45) is 11.3 Å². The molecule has 0 radical (unpaired) electrons. The number of carbonyl (C=O) groups excluding carboxylic acids is 1. The highest BCUT2D eigenvalue weighted by atomic mass is 16.5. The summed E-state index contributed by atoms with van der Waals surface area (Å²) in [5, 5.41) is 11.4. The molecule has 1 aliphatic carbocycles. The highest BCUT2D eigenvalue weighted by molar-refractivity contribution is 5.87. The summed E-state index contributed by atoms with van der Waals surface area (Å²) in [4.78, 5) is 22.5. The predicted molar refractivity (Wildman–Crippen MR) is 57.9 cm³/mol. The third-order valence-electron chi connectivity index (χ3n) is 3.42. The van der Waals surface area contributed by atoms with Crippen LogP contribution in [0.25, 0.3) is 0 Å². The highest BCUT2D eigenvalue weighted by Crippen LogP contribution is 2.54. The Hall–Kier alpha value is -1.10. The molecule has 92 valence electrons. The topological polar surface area (TPSA) is 75.6 Å². The molecule has 1 fully saturated rings. The minimum absolute atomic E-state index is 0.00334. The van der Waals surface area contributed by atoms with Crippen molar-refractivity contribution in [1.82, 2.24) is 5.32 Å². The number of aliphatic carboxylic acids is 1. The standard InChI is InChI=1S/C11H19NO4/c1-4-11(2)5-7(11)9(13)12-8(6-16-3)10(14)15/h7-8H,4-6H2,1-3H3,(H,12,13)(H,14,15). The Morgan fingerprint density at radius 1 is 1.62 bits per heavy atom. The first kappa shape index (κ1) is 13.0. The molecule has 0 heterocycles. The van der Waals surface area contributed by atoms with Gasteiger partial charge in [-0.1, -0.05) is 13.8 Å². The second kappa shape index (κ2) is 4.82. The van der Waals surface area contributed by atoms with E-state index in [0.29, 0.717) is 0 Å². The van der Waals surface area contributed by atoms with Crippen LogP contribution in [0.2, 0.25) is 0 Å². The fourth-order valence-electron chi connectivity index (χ4n) is 1.82. The van der Waals surface area contributed by atoms with Crippen LogP contribution in [0.3, 0.4) is 0 Å². The Labute approximate surface area is 95.2 Å². The fraction of sp³-hybridized carbons (Fsp3) is 0.818. The number of hydrogen-bond acceptors (Lipinski definition) is 3. The average molecular weight is 229 g/mol. The lowest BCUT2D eigenvalue weighted by Gasteiger charge is -2.14. The molecule has 3 unspecified atom stereocenters. The van der Waals surface area contributed by atoms with Gasteiger partial charge in [0.05, 0.1) is 6.61 Å². The van der Waals surface area contributed by atoms with Crippen LogP contribution in [0, 0.1) is 11.3 Å². The quantitative estimate of drug-likeness (QED) is 0.700. The Bertz CT molecular complexity index is 292. The van der Waals surface area contributed by atoms with Gasteiger partial charge in [0, 0.05) is 13.0 Å². The van der Waals surface area contributed by atoms with Crippen LogP contribution in [-0.4, -0.2) is 36.7 Å². The van der Waals surface area contributed by atoms with Gasteiger partial charge in [0.2, 0.25) is 5.91 Å². The molecule has 5 nitrogen and oxygen atoms in total. The van der Waals surface area contributed by atoms with Gasteiger partial charge in [0.15, 0.2) is 6.04 Å². The van der Waals surface area contributed by atoms with Gasteiger partial charge in [-0.25, -0.2) is 4.79 Å². The van der Waals surface area contributed by atoms with Crippen LogP contribution in [-0.2, 0) is 14.3 Å². The Kier molecular flexibility index (Phi) is 3.91. The first-order chi connectivity index (χ1) is 7.44. The lowest BCUT2D eigenvalue weighted by molar-refractivity contribution is -0.143. The molecule has 0 aromatic carbocycles. The van der Waals surface area contributed by atoms with Gasteiger partial charge in [-0.05, 0) is 18.3 Å². The number of nitrogens with one attached hydrogen (secondary N) is 1. The zero-order chi connectivity index (χ0) is 12.3. The number of ether oxygens (including phenoxy) is 1. The van der Waals surface area contributed by atoms with E-state index < -0.39 is 12.0 Å². The zero-order valence-corrected chi connectivity index (χ0v) is 9.95. The maximum absolute atomic E-state index is 11.7. The number of amides is 1. The predicted octanol–water partition coefficient (Wildman–Crippen LogP) is 0.638. The van der Waals surface area contributed by atoms with Crippen molar-refractivity contribution >= 4 is 11.9 Å². The summed E-state index contributed by atoms with van der Waals surface area (Å²) < 4.78 is 4.75. The van der Waals surface area contributed by atoms with E-state index in [1.807, 2.05) is 13.8 Å². The van der Waals surface area contributed by atoms with E-state index >= 15 is 0 Å². The zero-order valence-electron chi connectivity index (χ0n) is 9.95. The van der Waals surface area contributed by atoms with E-state index in [1.165, 1.54) is 7.11 Å². The summed E-state index contributed by atoms with van der Waals surface area (Å²) in [5.41, 5.74) is 0.0558. The van der Waals surface area contributed by atoms with Gasteiger partial charge < -0.3 is 15.2 Å². The van der Waals surface area contributed by atoms with E-state index in [2.05, 4.69) is 5.32 Å². The number of rotatable bonds is 6. The molecule has 0 aromatic heterocycles. The number of carbonyl (C=O) groups is 2. The summed E-state index contributed by atoms with van der Waals surface area (Å²) >= 11 is 0. The molecule has 0 aliphatic heterocycles. The van der Waals surface area contributed by atoms with E-state index in [4.69, 9.17) is 9.84 Å². The largest absolute Gasteiger partial charge is 0.480 e. The highest BCUT2D eigenvalue weighted by Gasteiger charge is 2.53. The van der Waals surface area contributed by atoms with Crippen LogP contribution in [0.4, 0.5) is 0 Å². The minimum atomic E-state index is -1.06. The molecule has 0 aromatic rings. The van der Waals surface area contributed by atoms with Crippen molar-refractivity contribution < 1.29 is 19.4 Å². The number of carboxylic acid groups (broad SMARTS) is 1.